The molecular weight excluding hydrogens is 531 g/mol. The number of hydrogen-bond donors (Lipinski definition) is 0. The Morgan fingerprint density at radius 1 is 0.667 bits per heavy atom. The van der Waals surface area contributed by atoms with Crippen LogP contribution in [0.3, 0.4) is 0 Å². The molecule has 30 heavy (non-hydrogen) atoms. The number of halogens is 9. The number of rotatable bonds is 3. The Balaban J connectivity index is 1.41. The fourth-order valence-corrected chi connectivity index (χ4v) is 10.6. The first kappa shape index (κ1) is 23.3. The van der Waals surface area contributed by atoms with Gasteiger partial charge in [-0.3, -0.25) is 0 Å². The van der Waals surface area contributed by atoms with Crippen molar-refractivity contribution in [1.29, 1.82) is 0 Å². The van der Waals surface area contributed by atoms with Crippen molar-refractivity contribution in [1.82, 2.24) is 0 Å². The van der Waals surface area contributed by atoms with Gasteiger partial charge in [0.15, 0.2) is 0 Å². The van der Waals surface area contributed by atoms with E-state index in [1.807, 2.05) is 0 Å². The summed E-state index contributed by atoms with van der Waals surface area (Å²) in [6.07, 6.45) is -7.97. The molecule has 0 bridgehead atoms. The molecular formula is C21H28F8I-. The predicted molar refractivity (Wildman–Crippen MR) is 92.4 cm³/mol. The van der Waals surface area contributed by atoms with Crippen LogP contribution in [-0.4, -0.2) is 44.9 Å². The van der Waals surface area contributed by atoms with Crippen molar-refractivity contribution >= 4 is 0 Å². The van der Waals surface area contributed by atoms with Crippen LogP contribution >= 0.6 is 0 Å². The van der Waals surface area contributed by atoms with Gasteiger partial charge in [0.25, 0.3) is 0 Å². The maximum atomic E-state index is 14.7. The molecule has 4 aliphatic carbocycles. The molecule has 0 nitrogen and oxygen atoms in total. The van der Waals surface area contributed by atoms with Crippen LogP contribution in [0.5, 0.6) is 0 Å². The Kier molecular flexibility index (Phi) is 6.14. The van der Waals surface area contributed by atoms with Crippen LogP contribution in [0.4, 0.5) is 35.1 Å². The van der Waals surface area contributed by atoms with Gasteiger partial charge < -0.3 is 0 Å². The molecule has 9 heteroatoms. The van der Waals surface area contributed by atoms with Crippen LogP contribution in [0.15, 0.2) is 0 Å². The van der Waals surface area contributed by atoms with Gasteiger partial charge in [0, 0.05) is 0 Å². The van der Waals surface area contributed by atoms with E-state index in [0.717, 1.165) is 0 Å². The predicted octanol–water partition coefficient (Wildman–Crippen LogP) is 3.04. The molecule has 0 saturated heterocycles. The molecule has 0 aromatic heterocycles. The summed E-state index contributed by atoms with van der Waals surface area (Å²) in [6.45, 7) is 2.71. The van der Waals surface area contributed by atoms with Gasteiger partial charge >= 0.3 is 182 Å². The van der Waals surface area contributed by atoms with Crippen molar-refractivity contribution in [2.45, 2.75) is 80.0 Å². The summed E-state index contributed by atoms with van der Waals surface area (Å²) in [6, 6.07) is 0. The summed E-state index contributed by atoms with van der Waals surface area (Å²) in [7, 11) is 0. The second-order valence-electron chi connectivity index (χ2n) is 10.0. The van der Waals surface area contributed by atoms with Crippen LogP contribution < -0.4 is 21.2 Å². The van der Waals surface area contributed by atoms with Crippen LogP contribution in [0, 0.1) is 41.4 Å². The maximum absolute atomic E-state index is 14.7. The molecule has 4 saturated carbocycles. The summed E-state index contributed by atoms with van der Waals surface area (Å²) < 4.78 is 115. The Labute approximate surface area is 182 Å². The fourth-order valence-electron chi connectivity index (χ4n) is 6.55. The van der Waals surface area contributed by atoms with Crippen LogP contribution in [0.2, 0.25) is 0 Å². The van der Waals surface area contributed by atoms with E-state index in [4.69, 9.17) is 0 Å². The molecule has 4 rings (SSSR count). The van der Waals surface area contributed by atoms with Gasteiger partial charge in [-0.1, -0.05) is 0 Å². The molecule has 176 valence electrons. The van der Waals surface area contributed by atoms with Crippen molar-refractivity contribution in [2.24, 2.45) is 41.4 Å². The average molecular weight is 559 g/mol. The van der Waals surface area contributed by atoms with E-state index in [1.165, 1.54) is 13.8 Å². The van der Waals surface area contributed by atoms with Gasteiger partial charge in [-0.05, 0) is 0 Å². The Morgan fingerprint density at radius 2 is 1.13 bits per heavy atom. The van der Waals surface area contributed by atoms with Crippen molar-refractivity contribution in [3.05, 3.63) is 0 Å². The molecule has 12 atom stereocenters. The second kappa shape index (κ2) is 7.89. The van der Waals surface area contributed by atoms with E-state index in [2.05, 4.69) is 0 Å². The van der Waals surface area contributed by atoms with Crippen molar-refractivity contribution in [3.8, 4) is 0 Å². The fraction of sp³-hybridized carbons (Fsp3) is 1.00. The molecule has 0 N–H and O–H groups in total. The number of alkyl halides is 10. The topological polar surface area (TPSA) is 0 Å². The summed E-state index contributed by atoms with van der Waals surface area (Å²) in [5.74, 6) is -13.7. The molecule has 4 aliphatic rings. The van der Waals surface area contributed by atoms with Gasteiger partial charge in [-0.25, -0.2) is 0 Å². The molecule has 0 aromatic carbocycles. The summed E-state index contributed by atoms with van der Waals surface area (Å²) >= 11 is -1.11. The van der Waals surface area contributed by atoms with E-state index in [1.54, 1.807) is 0 Å². The zero-order valence-electron chi connectivity index (χ0n) is 16.9. The quantitative estimate of drug-likeness (QED) is 0.284. The first-order chi connectivity index (χ1) is 13.9. The van der Waals surface area contributed by atoms with Crippen LogP contribution in [0.1, 0.15) is 39.5 Å². The minimum absolute atomic E-state index is 0.135. The van der Waals surface area contributed by atoms with Gasteiger partial charge in [0.2, 0.25) is 0 Å². The Bertz CT molecular complexity index is 586. The first-order valence-corrected chi connectivity index (χ1v) is 13.5. The van der Waals surface area contributed by atoms with E-state index < -0.39 is 103 Å². The third kappa shape index (κ3) is 3.49. The molecule has 0 heterocycles. The van der Waals surface area contributed by atoms with Gasteiger partial charge in [0.05, 0.1) is 0 Å². The van der Waals surface area contributed by atoms with Crippen molar-refractivity contribution < 1.29 is 56.3 Å². The SMILES string of the molecule is CC1CC2CC(C[I-]C3CC4CC(C)C(F)(F)C4C(F)C3F)C(F)C(F)C2C1(F)F. The van der Waals surface area contributed by atoms with Gasteiger partial charge in [0.1, 0.15) is 0 Å². The first-order valence-electron chi connectivity index (χ1n) is 10.8. The molecule has 0 radical (unpaired) electrons. The zero-order chi connectivity index (χ0) is 22.2. The molecule has 0 amide bonds. The number of hydrogen-bond acceptors (Lipinski definition) is 0. The van der Waals surface area contributed by atoms with Gasteiger partial charge in [-0.2, -0.15) is 0 Å². The molecule has 0 spiro atoms. The van der Waals surface area contributed by atoms with Crippen molar-refractivity contribution in [2.75, 3.05) is 4.43 Å². The van der Waals surface area contributed by atoms with E-state index in [-0.39, 0.29) is 30.1 Å². The summed E-state index contributed by atoms with van der Waals surface area (Å²) in [5.41, 5.74) is 0. The normalized spacial score (nSPS) is 54.7. The van der Waals surface area contributed by atoms with E-state index >= 15 is 0 Å². The summed E-state index contributed by atoms with van der Waals surface area (Å²) in [4.78, 5) is 0. The molecule has 0 aromatic rings. The third-order valence-electron chi connectivity index (χ3n) is 8.24. The number of fused-ring (bicyclic) bond motifs is 2. The van der Waals surface area contributed by atoms with Crippen LogP contribution in [0.25, 0.3) is 0 Å². The third-order valence-corrected chi connectivity index (χ3v) is 12.2. The molecule has 12 unspecified atom stereocenters. The Hall–Kier alpha value is 0.170. The summed E-state index contributed by atoms with van der Waals surface area (Å²) in [5, 5.41) is 0. The average Bonchev–Trinajstić information content (AvgIpc) is 3.02. The van der Waals surface area contributed by atoms with E-state index in [0.29, 0.717) is 0 Å². The van der Waals surface area contributed by atoms with Crippen LogP contribution in [-0.2, 0) is 0 Å². The van der Waals surface area contributed by atoms with Gasteiger partial charge in [-0.15, -0.1) is 0 Å². The van der Waals surface area contributed by atoms with E-state index in [9.17, 15) is 35.1 Å². The Morgan fingerprint density at radius 3 is 1.67 bits per heavy atom. The zero-order valence-corrected chi connectivity index (χ0v) is 19.0. The molecule has 4 fully saturated rings. The second-order valence-corrected chi connectivity index (χ2v) is 13.4. The standard InChI is InChI=1S/C21H28F8I/c1-8-3-10-5-12(16(22)18(24)14(10)20(8,26)27)7-30-13-6-11-4-9(2)21(28,29)15(11)19(25)17(13)23/h8-19H,3-7H2,1-2H3/q-1. The monoisotopic (exact) mass is 559 g/mol. The molecule has 0 aliphatic heterocycles. The van der Waals surface area contributed by atoms with Crippen molar-refractivity contribution in [3.63, 3.8) is 0 Å². The minimum atomic E-state index is -3.23.